The van der Waals surface area contributed by atoms with Gasteiger partial charge in [0.2, 0.25) is 11.8 Å². The Balaban J connectivity index is 1.64. The lowest BCUT2D eigenvalue weighted by Gasteiger charge is -2.31. The second-order valence-electron chi connectivity index (χ2n) is 7.84. The topological polar surface area (TPSA) is 58.6 Å². The van der Waals surface area contributed by atoms with Crippen molar-refractivity contribution in [1.29, 1.82) is 0 Å². The largest absolute Gasteiger partial charge is 0.497 e. The minimum absolute atomic E-state index is 0.121. The molecule has 1 atom stereocenters. The molecule has 174 valence electrons. The number of carbonyl (C=O) groups excluding carboxylic acids is 2. The predicted molar refractivity (Wildman–Crippen MR) is 139 cm³/mol. The van der Waals surface area contributed by atoms with Gasteiger partial charge in [0.15, 0.2) is 0 Å². The first kappa shape index (κ1) is 23.7. The zero-order valence-electron chi connectivity index (χ0n) is 19.1. The molecule has 2 heterocycles. The van der Waals surface area contributed by atoms with Gasteiger partial charge in [-0.1, -0.05) is 42.0 Å². The molecule has 7 heteroatoms. The molecule has 2 aromatic heterocycles. The van der Waals surface area contributed by atoms with Crippen molar-refractivity contribution in [3.8, 4) is 5.75 Å². The summed E-state index contributed by atoms with van der Waals surface area (Å²) in [7, 11) is 1.62. The summed E-state index contributed by atoms with van der Waals surface area (Å²) < 4.78 is 5.21. The van der Waals surface area contributed by atoms with Crippen molar-refractivity contribution in [1.82, 2.24) is 5.32 Å². The summed E-state index contributed by atoms with van der Waals surface area (Å²) in [6.45, 7) is 2.35. The van der Waals surface area contributed by atoms with Crippen LogP contribution >= 0.6 is 22.7 Å². The average Bonchev–Trinajstić information content (AvgIpc) is 3.56. The standard InChI is InChI=1S/C27H26N2O3S2/c1-19-7-11-21(12-8-19)29(25(30)17-23-5-3-15-33-23)26(24-6-4-16-34-24)27(31)28-18-20-9-13-22(32-2)14-10-20/h3-16,26H,17-18H2,1-2H3,(H,28,31)/t26-/m0/s1. The summed E-state index contributed by atoms with van der Waals surface area (Å²) in [5.74, 6) is 0.416. The van der Waals surface area contributed by atoms with Crippen molar-refractivity contribution in [3.05, 3.63) is 104 Å². The molecule has 4 aromatic rings. The van der Waals surface area contributed by atoms with Crippen molar-refractivity contribution in [2.45, 2.75) is 25.9 Å². The number of aryl methyl sites for hydroxylation is 1. The highest BCUT2D eigenvalue weighted by molar-refractivity contribution is 7.10. The van der Waals surface area contributed by atoms with Crippen LogP contribution in [0.4, 0.5) is 5.69 Å². The third kappa shape index (κ3) is 5.73. The van der Waals surface area contributed by atoms with Gasteiger partial charge in [-0.3, -0.25) is 14.5 Å². The van der Waals surface area contributed by atoms with E-state index in [-0.39, 0.29) is 18.2 Å². The van der Waals surface area contributed by atoms with Crippen LogP contribution in [0.5, 0.6) is 5.75 Å². The molecule has 0 saturated heterocycles. The molecule has 34 heavy (non-hydrogen) atoms. The van der Waals surface area contributed by atoms with Crippen molar-refractivity contribution in [2.75, 3.05) is 12.0 Å². The Hall–Kier alpha value is -3.42. The van der Waals surface area contributed by atoms with Crippen LogP contribution < -0.4 is 15.0 Å². The molecule has 2 aromatic carbocycles. The van der Waals surface area contributed by atoms with E-state index >= 15 is 0 Å². The number of methoxy groups -OCH3 is 1. The molecule has 2 amide bonds. The van der Waals surface area contributed by atoms with Crippen LogP contribution in [0.2, 0.25) is 0 Å². The third-order valence-electron chi connectivity index (χ3n) is 5.43. The van der Waals surface area contributed by atoms with E-state index in [0.717, 1.165) is 26.6 Å². The maximum Gasteiger partial charge on any atom is 0.248 e. The summed E-state index contributed by atoms with van der Waals surface area (Å²) in [6.07, 6.45) is 0.235. The van der Waals surface area contributed by atoms with Gasteiger partial charge in [-0.2, -0.15) is 0 Å². The molecule has 0 spiro atoms. The molecule has 0 aliphatic carbocycles. The van der Waals surface area contributed by atoms with Gasteiger partial charge in [-0.25, -0.2) is 0 Å². The summed E-state index contributed by atoms with van der Waals surface area (Å²) >= 11 is 3.01. The molecule has 4 rings (SSSR count). The van der Waals surface area contributed by atoms with Gasteiger partial charge >= 0.3 is 0 Å². The highest BCUT2D eigenvalue weighted by atomic mass is 32.1. The Kier molecular flexibility index (Phi) is 7.77. The Morgan fingerprint density at radius 3 is 2.26 bits per heavy atom. The van der Waals surface area contributed by atoms with E-state index in [1.165, 1.54) is 22.7 Å². The maximum atomic E-state index is 13.6. The van der Waals surface area contributed by atoms with Crippen LogP contribution in [0.1, 0.15) is 26.9 Å². The van der Waals surface area contributed by atoms with Crippen molar-refractivity contribution >= 4 is 40.2 Å². The highest BCUT2D eigenvalue weighted by Crippen LogP contribution is 2.32. The van der Waals surface area contributed by atoms with Gasteiger partial charge in [0, 0.05) is 22.0 Å². The number of rotatable bonds is 9. The number of benzene rings is 2. The van der Waals surface area contributed by atoms with Crippen LogP contribution in [-0.4, -0.2) is 18.9 Å². The minimum atomic E-state index is -0.770. The maximum absolute atomic E-state index is 13.6. The van der Waals surface area contributed by atoms with Gasteiger partial charge in [-0.15, -0.1) is 22.7 Å². The average molecular weight is 491 g/mol. The molecule has 0 unspecified atom stereocenters. The Bertz CT molecular complexity index is 1200. The lowest BCUT2D eigenvalue weighted by atomic mass is 10.1. The Morgan fingerprint density at radius 2 is 1.65 bits per heavy atom. The van der Waals surface area contributed by atoms with Gasteiger partial charge in [0.1, 0.15) is 11.8 Å². The van der Waals surface area contributed by atoms with Crippen molar-refractivity contribution in [2.24, 2.45) is 0 Å². The molecule has 5 nitrogen and oxygen atoms in total. The summed E-state index contributed by atoms with van der Waals surface area (Å²) in [4.78, 5) is 30.6. The molecule has 0 aliphatic rings. The van der Waals surface area contributed by atoms with Crippen LogP contribution in [0.25, 0.3) is 0 Å². The third-order valence-corrected chi connectivity index (χ3v) is 7.23. The van der Waals surface area contributed by atoms with Gasteiger partial charge in [0.25, 0.3) is 0 Å². The molecule has 1 N–H and O–H groups in total. The van der Waals surface area contributed by atoms with E-state index in [4.69, 9.17) is 4.74 Å². The molecule has 0 bridgehead atoms. The fraction of sp³-hybridized carbons (Fsp3) is 0.185. The summed E-state index contributed by atoms with van der Waals surface area (Å²) in [6, 6.07) is 22.2. The molecule has 0 saturated carbocycles. The zero-order chi connectivity index (χ0) is 23.9. The summed E-state index contributed by atoms with van der Waals surface area (Å²) in [5, 5.41) is 6.92. The first-order valence-corrected chi connectivity index (χ1v) is 12.7. The minimum Gasteiger partial charge on any atom is -0.497 e. The fourth-order valence-corrected chi connectivity index (χ4v) is 5.15. The van der Waals surface area contributed by atoms with E-state index in [9.17, 15) is 9.59 Å². The predicted octanol–water partition coefficient (Wildman–Crippen LogP) is 5.76. The number of hydrogen-bond donors (Lipinski definition) is 1. The lowest BCUT2D eigenvalue weighted by Crippen LogP contribution is -2.44. The van der Waals surface area contributed by atoms with E-state index < -0.39 is 6.04 Å². The highest BCUT2D eigenvalue weighted by Gasteiger charge is 2.33. The van der Waals surface area contributed by atoms with Gasteiger partial charge < -0.3 is 10.1 Å². The number of thiophene rings is 2. The van der Waals surface area contributed by atoms with Gasteiger partial charge in [-0.05, 0) is 59.6 Å². The summed E-state index contributed by atoms with van der Waals surface area (Å²) in [5.41, 5.74) is 2.74. The van der Waals surface area contributed by atoms with E-state index in [1.807, 2.05) is 90.5 Å². The second-order valence-corrected chi connectivity index (χ2v) is 9.85. The first-order chi connectivity index (χ1) is 16.5. The van der Waals surface area contributed by atoms with Crippen molar-refractivity contribution in [3.63, 3.8) is 0 Å². The monoisotopic (exact) mass is 490 g/mol. The Morgan fingerprint density at radius 1 is 0.941 bits per heavy atom. The van der Waals surface area contributed by atoms with E-state index in [1.54, 1.807) is 12.0 Å². The second kappa shape index (κ2) is 11.1. The SMILES string of the molecule is COc1ccc(CNC(=O)[C@H](c2cccs2)N(C(=O)Cc2cccs2)c2ccc(C)cc2)cc1. The number of carbonyl (C=O) groups is 2. The van der Waals surface area contributed by atoms with Crippen molar-refractivity contribution < 1.29 is 14.3 Å². The lowest BCUT2D eigenvalue weighted by molar-refractivity contribution is -0.126. The van der Waals surface area contributed by atoms with Crippen LogP contribution in [0, 0.1) is 6.92 Å². The number of hydrogen-bond acceptors (Lipinski definition) is 5. The number of ether oxygens (including phenoxy) is 1. The van der Waals surface area contributed by atoms with E-state index in [2.05, 4.69) is 5.32 Å². The molecular formula is C27H26N2O3S2. The number of nitrogens with zero attached hydrogens (tertiary/aromatic N) is 1. The van der Waals surface area contributed by atoms with Crippen LogP contribution in [0.3, 0.4) is 0 Å². The number of amides is 2. The van der Waals surface area contributed by atoms with Crippen LogP contribution in [0.15, 0.2) is 83.6 Å². The molecule has 0 fully saturated rings. The number of nitrogens with one attached hydrogen (secondary N) is 1. The molecular weight excluding hydrogens is 464 g/mol. The van der Waals surface area contributed by atoms with E-state index in [0.29, 0.717) is 12.2 Å². The Labute approximate surface area is 207 Å². The smallest absolute Gasteiger partial charge is 0.248 e. The van der Waals surface area contributed by atoms with Gasteiger partial charge in [0.05, 0.1) is 13.5 Å². The fourth-order valence-electron chi connectivity index (χ4n) is 3.64. The number of anilines is 1. The molecule has 0 radical (unpaired) electrons. The van der Waals surface area contributed by atoms with Crippen LogP contribution in [-0.2, 0) is 22.6 Å². The normalized spacial score (nSPS) is 11.6. The first-order valence-electron chi connectivity index (χ1n) is 10.9. The zero-order valence-corrected chi connectivity index (χ0v) is 20.7. The quantitative estimate of drug-likeness (QED) is 0.325. The molecule has 0 aliphatic heterocycles.